The van der Waals surface area contributed by atoms with E-state index in [1.54, 1.807) is 23.7 Å². The maximum atomic E-state index is 12.9. The first-order chi connectivity index (χ1) is 14.1. The van der Waals surface area contributed by atoms with Gasteiger partial charge in [-0.2, -0.15) is 0 Å². The molecule has 1 aromatic carbocycles. The molecular formula is C21H28N5O2S+. The number of piperidine rings is 1. The topological polar surface area (TPSA) is 66.3 Å². The molecule has 0 saturated carbocycles. The second-order valence-corrected chi connectivity index (χ2v) is 8.82. The van der Waals surface area contributed by atoms with E-state index < -0.39 is 0 Å². The molecular weight excluding hydrogens is 386 g/mol. The maximum absolute atomic E-state index is 12.9. The molecule has 0 bridgehead atoms. The van der Waals surface area contributed by atoms with E-state index in [2.05, 4.69) is 0 Å². The van der Waals surface area contributed by atoms with Gasteiger partial charge >= 0.3 is 5.69 Å². The summed E-state index contributed by atoms with van der Waals surface area (Å²) >= 11 is 1.68. The summed E-state index contributed by atoms with van der Waals surface area (Å²) in [7, 11) is 3.20. The number of rotatable bonds is 6. The zero-order chi connectivity index (χ0) is 20.4. The Hall–Kier alpha value is -2.32. The molecule has 3 heterocycles. The lowest BCUT2D eigenvalue weighted by atomic mass is 10.1. The van der Waals surface area contributed by atoms with Crippen molar-refractivity contribution in [2.45, 2.75) is 31.0 Å². The summed E-state index contributed by atoms with van der Waals surface area (Å²) in [5.74, 6) is 0.946. The molecule has 0 radical (unpaired) electrons. The Morgan fingerprint density at radius 1 is 1.03 bits per heavy atom. The number of likely N-dealkylation sites (tertiary alicyclic amines) is 1. The van der Waals surface area contributed by atoms with Gasteiger partial charge < -0.3 is 9.47 Å². The molecule has 1 aliphatic rings. The number of nitrogens with one attached hydrogen (secondary N) is 1. The van der Waals surface area contributed by atoms with Crippen molar-refractivity contribution < 1.29 is 4.90 Å². The second kappa shape index (κ2) is 8.59. The van der Waals surface area contributed by atoms with Gasteiger partial charge in [-0.25, -0.2) is 9.78 Å². The number of benzene rings is 1. The van der Waals surface area contributed by atoms with Crippen LogP contribution in [0.5, 0.6) is 0 Å². The van der Waals surface area contributed by atoms with E-state index in [-0.39, 0.29) is 11.2 Å². The predicted molar refractivity (Wildman–Crippen MR) is 116 cm³/mol. The van der Waals surface area contributed by atoms with E-state index in [0.717, 1.165) is 27.6 Å². The van der Waals surface area contributed by atoms with Crippen molar-refractivity contribution in [3.05, 3.63) is 56.7 Å². The van der Waals surface area contributed by atoms with Crippen molar-refractivity contribution in [2.24, 2.45) is 14.1 Å². The summed E-state index contributed by atoms with van der Waals surface area (Å²) in [6.45, 7) is 4.14. The van der Waals surface area contributed by atoms with Crippen LogP contribution >= 0.6 is 11.8 Å². The summed E-state index contributed by atoms with van der Waals surface area (Å²) < 4.78 is 4.61. The SMILES string of the molecule is Cn1c(=O)c2c(nc(SCC[NH+]3CCCCC3)n2Cc2ccccc2)n(C)c1=O. The van der Waals surface area contributed by atoms with E-state index in [1.165, 1.54) is 44.0 Å². The van der Waals surface area contributed by atoms with Crippen LogP contribution in [0.1, 0.15) is 24.8 Å². The van der Waals surface area contributed by atoms with Crippen molar-refractivity contribution in [2.75, 3.05) is 25.4 Å². The Morgan fingerprint density at radius 3 is 2.48 bits per heavy atom. The highest BCUT2D eigenvalue weighted by Crippen LogP contribution is 2.22. The lowest BCUT2D eigenvalue weighted by molar-refractivity contribution is -0.902. The zero-order valence-electron chi connectivity index (χ0n) is 17.1. The van der Waals surface area contributed by atoms with Crippen molar-refractivity contribution in [1.29, 1.82) is 0 Å². The Balaban J connectivity index is 1.70. The molecule has 2 aromatic heterocycles. The number of fused-ring (bicyclic) bond motifs is 1. The van der Waals surface area contributed by atoms with Crippen LogP contribution in [-0.2, 0) is 20.6 Å². The van der Waals surface area contributed by atoms with Gasteiger partial charge in [-0.3, -0.25) is 13.9 Å². The number of nitrogens with zero attached hydrogens (tertiary/aromatic N) is 4. The van der Waals surface area contributed by atoms with Gasteiger partial charge in [-0.15, -0.1) is 0 Å². The van der Waals surface area contributed by atoms with Gasteiger partial charge in [0.15, 0.2) is 16.3 Å². The summed E-state index contributed by atoms with van der Waals surface area (Å²) in [6.07, 6.45) is 3.97. The summed E-state index contributed by atoms with van der Waals surface area (Å²) in [6, 6.07) is 10.1. The van der Waals surface area contributed by atoms with Gasteiger partial charge in [0.1, 0.15) is 0 Å². The van der Waals surface area contributed by atoms with Gasteiger partial charge in [-0.05, 0) is 24.8 Å². The largest absolute Gasteiger partial charge is 0.334 e. The van der Waals surface area contributed by atoms with Crippen LogP contribution in [0.15, 0.2) is 45.1 Å². The third-order valence-corrected chi connectivity index (χ3v) is 6.72. The number of hydrogen-bond acceptors (Lipinski definition) is 4. The average Bonchev–Trinajstić information content (AvgIpc) is 3.10. The van der Waals surface area contributed by atoms with Crippen molar-refractivity contribution >= 4 is 22.9 Å². The molecule has 29 heavy (non-hydrogen) atoms. The highest BCUT2D eigenvalue weighted by molar-refractivity contribution is 7.99. The fraction of sp³-hybridized carbons (Fsp3) is 0.476. The van der Waals surface area contributed by atoms with Gasteiger partial charge in [0.05, 0.1) is 31.9 Å². The van der Waals surface area contributed by atoms with Crippen molar-refractivity contribution in [3.8, 4) is 0 Å². The predicted octanol–water partition coefficient (Wildman–Crippen LogP) is 0.643. The molecule has 4 rings (SSSR count). The van der Waals surface area contributed by atoms with E-state index in [4.69, 9.17) is 4.98 Å². The van der Waals surface area contributed by atoms with E-state index >= 15 is 0 Å². The molecule has 7 nitrogen and oxygen atoms in total. The highest BCUT2D eigenvalue weighted by atomic mass is 32.2. The second-order valence-electron chi connectivity index (χ2n) is 7.75. The summed E-state index contributed by atoms with van der Waals surface area (Å²) in [5, 5.41) is 0.804. The van der Waals surface area contributed by atoms with Crippen molar-refractivity contribution in [1.82, 2.24) is 18.7 Å². The Bertz CT molecular complexity index is 1110. The van der Waals surface area contributed by atoms with Crippen LogP contribution in [0.3, 0.4) is 0 Å². The number of quaternary nitrogens is 1. The fourth-order valence-corrected chi connectivity index (χ4v) is 5.07. The maximum Gasteiger partial charge on any atom is 0.332 e. The van der Waals surface area contributed by atoms with E-state index in [9.17, 15) is 9.59 Å². The molecule has 8 heteroatoms. The third-order valence-electron chi connectivity index (χ3n) is 5.74. The molecule has 0 spiro atoms. The first-order valence-electron chi connectivity index (χ1n) is 10.2. The van der Waals surface area contributed by atoms with Gasteiger partial charge in [0.25, 0.3) is 5.56 Å². The van der Waals surface area contributed by atoms with Crippen molar-refractivity contribution in [3.63, 3.8) is 0 Å². The molecule has 0 unspecified atom stereocenters. The van der Waals surface area contributed by atoms with Crippen LogP contribution in [0.4, 0.5) is 0 Å². The van der Waals surface area contributed by atoms with Crippen LogP contribution < -0.4 is 16.1 Å². The zero-order valence-corrected chi connectivity index (χ0v) is 17.9. The standard InChI is InChI=1S/C21H27N5O2S/c1-23-18-17(19(27)24(2)21(23)28)26(15-16-9-5-3-6-10-16)20(22-18)29-14-13-25-11-7-4-8-12-25/h3,5-6,9-10H,4,7-8,11-15H2,1-2H3/p+1. The Kier molecular flexibility index (Phi) is 5.91. The lowest BCUT2D eigenvalue weighted by Crippen LogP contribution is -3.13. The van der Waals surface area contributed by atoms with Crippen LogP contribution in [0, 0.1) is 0 Å². The molecule has 0 amide bonds. The number of thioether (sulfide) groups is 1. The number of aryl methyl sites for hydroxylation is 1. The molecule has 3 aromatic rings. The number of imidazole rings is 1. The molecule has 1 aliphatic heterocycles. The molecule has 1 N–H and O–H groups in total. The minimum atomic E-state index is -0.346. The minimum absolute atomic E-state index is 0.292. The van der Waals surface area contributed by atoms with Crippen LogP contribution in [0.25, 0.3) is 11.2 Å². The van der Waals surface area contributed by atoms with Crippen LogP contribution in [-0.4, -0.2) is 44.1 Å². The smallest absolute Gasteiger partial charge is 0.332 e. The molecule has 1 fully saturated rings. The van der Waals surface area contributed by atoms with E-state index in [0.29, 0.717) is 17.7 Å². The Morgan fingerprint density at radius 2 is 1.76 bits per heavy atom. The summed E-state index contributed by atoms with van der Waals surface area (Å²) in [5.41, 5.74) is 1.42. The molecule has 0 aliphatic carbocycles. The van der Waals surface area contributed by atoms with Gasteiger partial charge in [0, 0.05) is 14.1 Å². The monoisotopic (exact) mass is 414 g/mol. The summed E-state index contributed by atoms with van der Waals surface area (Å²) in [4.78, 5) is 31.7. The molecule has 1 saturated heterocycles. The quantitative estimate of drug-likeness (QED) is 0.602. The number of hydrogen-bond donors (Lipinski definition) is 1. The van der Waals surface area contributed by atoms with Crippen LogP contribution in [0.2, 0.25) is 0 Å². The van der Waals surface area contributed by atoms with Gasteiger partial charge in [0.2, 0.25) is 0 Å². The fourth-order valence-electron chi connectivity index (χ4n) is 4.04. The Labute approximate surface area is 174 Å². The average molecular weight is 415 g/mol. The molecule has 154 valence electrons. The normalized spacial score (nSPS) is 15.2. The van der Waals surface area contributed by atoms with E-state index in [1.807, 2.05) is 34.9 Å². The highest BCUT2D eigenvalue weighted by Gasteiger charge is 2.20. The van der Waals surface area contributed by atoms with Gasteiger partial charge in [-0.1, -0.05) is 42.1 Å². The minimum Gasteiger partial charge on any atom is -0.334 e. The number of aromatic nitrogens is 4. The first-order valence-corrected chi connectivity index (χ1v) is 11.2. The molecule has 0 atom stereocenters. The lowest BCUT2D eigenvalue weighted by Gasteiger charge is -2.23. The first kappa shape index (κ1) is 20.0. The third kappa shape index (κ3) is 4.04.